The summed E-state index contributed by atoms with van der Waals surface area (Å²) >= 11 is 0. The molecule has 0 aliphatic carbocycles. The Bertz CT molecular complexity index is 664. The smallest absolute Gasteiger partial charge is 0.307 e. The van der Waals surface area contributed by atoms with Crippen LogP contribution in [0.2, 0.25) is 0 Å². The van der Waals surface area contributed by atoms with Gasteiger partial charge >= 0.3 is 5.97 Å². The van der Waals surface area contributed by atoms with Gasteiger partial charge in [0.2, 0.25) is 0 Å². The first-order valence-corrected chi connectivity index (χ1v) is 22.1. The van der Waals surface area contributed by atoms with Crippen molar-refractivity contribution in [3.05, 3.63) is 0 Å². The number of likely N-dealkylation sites (tertiary alicyclic amines) is 1. The third-order valence-corrected chi connectivity index (χ3v) is 9.85. The zero-order valence-electron chi connectivity index (χ0n) is 36.1. The van der Waals surface area contributed by atoms with Gasteiger partial charge in [0, 0.05) is 45.9 Å². The minimum Gasteiger partial charge on any atom is -0.461 e. The Morgan fingerprint density at radius 3 is 1.73 bits per heavy atom. The summed E-state index contributed by atoms with van der Waals surface area (Å²) in [5.41, 5.74) is 0. The molecular weight excluding hydrogens is 636 g/mol. The minimum atomic E-state index is -0.0864. The quantitative estimate of drug-likeness (QED) is 0.0371. The molecule has 0 saturated carbocycles. The van der Waals surface area contributed by atoms with Gasteiger partial charge < -0.3 is 23.8 Å². The fourth-order valence-corrected chi connectivity index (χ4v) is 6.75. The average molecular weight is 729 g/mol. The lowest BCUT2D eigenvalue weighted by Gasteiger charge is -2.23. The van der Waals surface area contributed by atoms with E-state index >= 15 is 0 Å². The first-order valence-electron chi connectivity index (χ1n) is 22.1. The fourth-order valence-electron chi connectivity index (χ4n) is 6.75. The topological polar surface area (TPSA) is 60.5 Å². The largest absolute Gasteiger partial charge is 0.461 e. The molecule has 0 radical (unpaired) electrons. The summed E-state index contributed by atoms with van der Waals surface area (Å²) in [6.45, 7) is 18.5. The van der Waals surface area contributed by atoms with E-state index in [0.29, 0.717) is 25.9 Å². The van der Waals surface area contributed by atoms with Gasteiger partial charge in [0.1, 0.15) is 12.9 Å². The third-order valence-electron chi connectivity index (χ3n) is 9.85. The average Bonchev–Trinajstić information content (AvgIpc) is 3.50. The molecule has 0 aromatic heterocycles. The van der Waals surface area contributed by atoms with Gasteiger partial charge in [-0.05, 0) is 52.2 Å². The second kappa shape index (κ2) is 42.0. The van der Waals surface area contributed by atoms with Crippen LogP contribution < -0.4 is 0 Å². The molecule has 0 spiro atoms. The molecule has 7 nitrogen and oxygen atoms in total. The van der Waals surface area contributed by atoms with Crippen molar-refractivity contribution in [2.24, 2.45) is 5.92 Å². The number of rotatable bonds is 34. The van der Waals surface area contributed by atoms with Gasteiger partial charge in [0.25, 0.3) is 0 Å². The van der Waals surface area contributed by atoms with E-state index in [0.717, 1.165) is 51.6 Å². The number of carbonyl (C=O) groups is 1. The molecule has 2 atom stereocenters. The van der Waals surface area contributed by atoms with Crippen molar-refractivity contribution < 1.29 is 23.7 Å². The van der Waals surface area contributed by atoms with E-state index in [1.54, 1.807) is 7.11 Å². The van der Waals surface area contributed by atoms with Crippen molar-refractivity contribution in [2.75, 3.05) is 67.5 Å². The highest BCUT2D eigenvalue weighted by atomic mass is 16.7. The summed E-state index contributed by atoms with van der Waals surface area (Å²) in [6, 6.07) is 0.351. The number of methoxy groups -OCH3 is 1. The zero-order valence-corrected chi connectivity index (χ0v) is 36.1. The standard InChI is InChI=1S/C34H68N2O5.C8H18.C2H6/c1-6-8-14-19-31(20-15-9-7-2)21-18-26-40-30-39-25-17-13-11-10-12-16-23-36-28-33(27-32(36)29-38-5)41-34(37)22-24-35(3)4;1-3-5-7-8-6-4-2;1-2/h31-33H,6-30H2,1-5H3;3-8H2,1-2H3;1-2H3/t32-,33-;;/m0../s1. The number of hydrogen-bond donors (Lipinski definition) is 0. The summed E-state index contributed by atoms with van der Waals surface area (Å²) in [7, 11) is 5.71. The fraction of sp³-hybridized carbons (Fsp3) is 0.977. The molecule has 51 heavy (non-hydrogen) atoms. The number of hydrogen-bond acceptors (Lipinski definition) is 7. The van der Waals surface area contributed by atoms with Gasteiger partial charge in [0.15, 0.2) is 0 Å². The van der Waals surface area contributed by atoms with Crippen molar-refractivity contribution in [1.29, 1.82) is 0 Å². The summed E-state index contributed by atoms with van der Waals surface area (Å²) in [4.78, 5) is 16.6. The van der Waals surface area contributed by atoms with Gasteiger partial charge in [-0.3, -0.25) is 9.69 Å². The van der Waals surface area contributed by atoms with Crippen LogP contribution in [0.5, 0.6) is 0 Å². The van der Waals surface area contributed by atoms with Gasteiger partial charge in [-0.2, -0.15) is 0 Å². The Labute approximate surface area is 320 Å². The van der Waals surface area contributed by atoms with Crippen LogP contribution in [0.1, 0.15) is 196 Å². The van der Waals surface area contributed by atoms with Crippen LogP contribution in [-0.2, 0) is 23.7 Å². The summed E-state index contributed by atoms with van der Waals surface area (Å²) in [5, 5.41) is 0. The molecule has 0 unspecified atom stereocenters. The maximum Gasteiger partial charge on any atom is 0.307 e. The van der Waals surface area contributed by atoms with Gasteiger partial charge in [-0.25, -0.2) is 0 Å². The van der Waals surface area contributed by atoms with E-state index in [9.17, 15) is 4.79 Å². The van der Waals surface area contributed by atoms with Gasteiger partial charge in [-0.15, -0.1) is 0 Å². The lowest BCUT2D eigenvalue weighted by Crippen LogP contribution is -2.34. The maximum atomic E-state index is 12.1. The number of ether oxygens (including phenoxy) is 4. The molecule has 308 valence electrons. The first-order chi connectivity index (χ1) is 24.9. The highest BCUT2D eigenvalue weighted by Crippen LogP contribution is 2.23. The van der Waals surface area contributed by atoms with E-state index in [1.165, 1.54) is 135 Å². The first kappa shape index (κ1) is 52.4. The predicted octanol–water partition coefficient (Wildman–Crippen LogP) is 11.9. The van der Waals surface area contributed by atoms with Gasteiger partial charge in [-0.1, -0.05) is 157 Å². The van der Waals surface area contributed by atoms with Crippen molar-refractivity contribution >= 4 is 5.97 Å². The van der Waals surface area contributed by atoms with Crippen LogP contribution in [0.25, 0.3) is 0 Å². The Balaban J connectivity index is 0. The van der Waals surface area contributed by atoms with Crippen molar-refractivity contribution in [3.8, 4) is 0 Å². The molecule has 1 rings (SSSR count). The second-order valence-electron chi connectivity index (χ2n) is 15.0. The molecule has 0 aromatic carbocycles. The van der Waals surface area contributed by atoms with Crippen LogP contribution in [0.3, 0.4) is 0 Å². The van der Waals surface area contributed by atoms with E-state index in [2.05, 4.69) is 32.6 Å². The Hall–Kier alpha value is -0.730. The monoisotopic (exact) mass is 729 g/mol. The van der Waals surface area contributed by atoms with E-state index in [-0.39, 0.29) is 12.1 Å². The summed E-state index contributed by atoms with van der Waals surface area (Å²) in [5.74, 6) is 0.802. The van der Waals surface area contributed by atoms with Crippen LogP contribution in [-0.4, -0.2) is 95.4 Å². The molecule has 1 aliphatic rings. The highest BCUT2D eigenvalue weighted by molar-refractivity contribution is 5.69. The second-order valence-corrected chi connectivity index (χ2v) is 15.0. The Morgan fingerprint density at radius 2 is 1.18 bits per heavy atom. The van der Waals surface area contributed by atoms with Gasteiger partial charge in [0.05, 0.1) is 13.0 Å². The van der Waals surface area contributed by atoms with Crippen molar-refractivity contribution in [2.45, 2.75) is 208 Å². The lowest BCUT2D eigenvalue weighted by atomic mass is 9.91. The molecule has 1 saturated heterocycles. The minimum absolute atomic E-state index is 0.00296. The van der Waals surface area contributed by atoms with Crippen molar-refractivity contribution in [3.63, 3.8) is 0 Å². The molecule has 0 amide bonds. The number of carbonyl (C=O) groups excluding carboxylic acids is 1. The van der Waals surface area contributed by atoms with E-state index in [1.807, 2.05) is 32.8 Å². The summed E-state index contributed by atoms with van der Waals surface area (Å²) in [6.07, 6.45) is 30.5. The van der Waals surface area contributed by atoms with Crippen molar-refractivity contribution in [1.82, 2.24) is 9.80 Å². The molecule has 1 fully saturated rings. The molecular formula is C44H92N2O5. The zero-order chi connectivity index (χ0) is 38.2. The van der Waals surface area contributed by atoms with E-state index < -0.39 is 0 Å². The van der Waals surface area contributed by atoms with Crippen LogP contribution in [0, 0.1) is 5.92 Å². The summed E-state index contributed by atoms with van der Waals surface area (Å²) < 4.78 is 22.7. The van der Waals surface area contributed by atoms with Crippen LogP contribution in [0.15, 0.2) is 0 Å². The highest BCUT2D eigenvalue weighted by Gasteiger charge is 2.33. The van der Waals surface area contributed by atoms with Crippen LogP contribution >= 0.6 is 0 Å². The molecule has 1 heterocycles. The molecule has 7 heteroatoms. The molecule has 0 aromatic rings. The SMILES string of the molecule is CC.CCCCCC(CCCCC)CCCOCOCCCCCCCCN1C[C@@H](OC(=O)CCN(C)C)C[C@H]1COC.CCCCCCCC. The molecule has 0 N–H and O–H groups in total. The van der Waals surface area contributed by atoms with Crippen LogP contribution in [0.4, 0.5) is 0 Å². The number of unbranched alkanes of at least 4 members (excludes halogenated alkanes) is 14. The number of esters is 1. The normalized spacial score (nSPS) is 15.9. The maximum absolute atomic E-state index is 12.1. The Morgan fingerprint density at radius 1 is 0.686 bits per heavy atom. The third kappa shape index (κ3) is 36.0. The predicted molar refractivity (Wildman–Crippen MR) is 221 cm³/mol. The molecule has 0 bridgehead atoms. The lowest BCUT2D eigenvalue weighted by molar-refractivity contribution is -0.148. The number of nitrogens with zero attached hydrogens (tertiary/aromatic N) is 2. The van der Waals surface area contributed by atoms with E-state index in [4.69, 9.17) is 18.9 Å². The molecule has 1 aliphatic heterocycles. The Kier molecular flexibility index (Phi) is 43.2.